The minimum atomic E-state index is -1.80. The maximum Gasteiger partial charge on any atom is 0.187 e. The molecule has 3 heterocycles. The van der Waals surface area contributed by atoms with E-state index < -0.39 is 134 Å². The Kier molecular flexibility index (Phi) is 15.9. The fourth-order valence-corrected chi connectivity index (χ4v) is 14.9. The van der Waals surface area contributed by atoms with Gasteiger partial charge in [0.2, 0.25) is 0 Å². The normalized spacial score (nSPS) is 51.3. The van der Waals surface area contributed by atoms with Gasteiger partial charge in [0, 0.05) is 12.0 Å². The van der Waals surface area contributed by atoms with Crippen LogP contribution < -0.4 is 0 Å². The molecule has 3 saturated heterocycles. The topological polar surface area (TPSA) is 298 Å². The second-order valence-electron chi connectivity index (χ2n) is 22.6. The fraction of sp³-hybridized carbons (Fsp3) is 0.958. The molecule has 7 rings (SSSR count). The summed E-state index contributed by atoms with van der Waals surface area (Å²) in [4.78, 5) is 0. The first-order chi connectivity index (χ1) is 31.0. The number of allylic oxidation sites excluding steroid dienone is 2. The van der Waals surface area contributed by atoms with Gasteiger partial charge in [0.15, 0.2) is 18.9 Å². The maximum atomic E-state index is 11.8. The smallest absolute Gasteiger partial charge is 0.187 e. The lowest BCUT2D eigenvalue weighted by Crippen LogP contribution is -2.68. The molecule has 4 saturated carbocycles. The molecule has 0 aromatic carbocycles. The number of hydrogen-bond acceptors (Lipinski definition) is 18. The molecule has 18 heteroatoms. The molecule has 3 aliphatic heterocycles. The zero-order chi connectivity index (χ0) is 48.5. The van der Waals surface area contributed by atoms with Crippen LogP contribution in [0.15, 0.2) is 11.6 Å². The maximum absolute atomic E-state index is 11.8. The first-order valence-corrected chi connectivity index (χ1v) is 24.5. The average Bonchev–Trinajstić information content (AvgIpc) is 3.65. The molecule has 12 N–H and O–H groups in total. The molecule has 0 radical (unpaired) electrons. The second kappa shape index (κ2) is 19.9. The highest BCUT2D eigenvalue weighted by Crippen LogP contribution is 2.76. The molecule has 382 valence electrons. The van der Waals surface area contributed by atoms with E-state index >= 15 is 0 Å². The average molecular weight is 947 g/mol. The second-order valence-corrected chi connectivity index (χ2v) is 22.6. The van der Waals surface area contributed by atoms with Crippen molar-refractivity contribution in [3.63, 3.8) is 0 Å². The molecule has 66 heavy (non-hydrogen) atoms. The van der Waals surface area contributed by atoms with Gasteiger partial charge in [-0.05, 0) is 125 Å². The number of aliphatic hydroxyl groups is 12. The van der Waals surface area contributed by atoms with E-state index in [2.05, 4.69) is 40.7 Å². The van der Waals surface area contributed by atoms with E-state index in [9.17, 15) is 61.3 Å². The van der Waals surface area contributed by atoms with Crippen LogP contribution in [0.25, 0.3) is 0 Å². The highest BCUT2D eigenvalue weighted by atomic mass is 16.8. The van der Waals surface area contributed by atoms with Crippen LogP contribution in [-0.2, 0) is 28.4 Å². The third-order valence-corrected chi connectivity index (χ3v) is 18.8. The minimum Gasteiger partial charge on any atom is -0.396 e. The summed E-state index contributed by atoms with van der Waals surface area (Å²) in [7, 11) is 0. The predicted molar refractivity (Wildman–Crippen MR) is 234 cm³/mol. The number of ether oxygens (including phenoxy) is 6. The molecule has 0 aromatic rings. The van der Waals surface area contributed by atoms with E-state index in [1.54, 1.807) is 0 Å². The van der Waals surface area contributed by atoms with Crippen LogP contribution in [0.1, 0.15) is 113 Å². The van der Waals surface area contributed by atoms with Crippen LogP contribution in [-0.4, -0.2) is 192 Å². The third-order valence-electron chi connectivity index (χ3n) is 18.8. The Balaban J connectivity index is 1.13. The van der Waals surface area contributed by atoms with Crippen molar-refractivity contribution in [3.05, 3.63) is 11.6 Å². The summed E-state index contributed by atoms with van der Waals surface area (Å²) < 4.78 is 37.2. The van der Waals surface area contributed by atoms with Gasteiger partial charge >= 0.3 is 0 Å². The van der Waals surface area contributed by atoms with Crippen LogP contribution >= 0.6 is 0 Å². The zero-order valence-electron chi connectivity index (χ0n) is 39.8. The van der Waals surface area contributed by atoms with Gasteiger partial charge in [-0.25, -0.2) is 0 Å². The summed E-state index contributed by atoms with van der Waals surface area (Å²) in [5, 5.41) is 128. The molecule has 1 unspecified atom stereocenters. The van der Waals surface area contributed by atoms with Crippen molar-refractivity contribution in [2.75, 3.05) is 26.4 Å². The zero-order valence-corrected chi connectivity index (χ0v) is 39.8. The van der Waals surface area contributed by atoms with Gasteiger partial charge < -0.3 is 89.7 Å². The van der Waals surface area contributed by atoms with E-state index in [1.165, 1.54) is 5.57 Å². The summed E-state index contributed by atoms with van der Waals surface area (Å²) in [5.74, 6) is 0.379. The Morgan fingerprint density at radius 3 is 1.71 bits per heavy atom. The van der Waals surface area contributed by atoms with Crippen LogP contribution in [0.3, 0.4) is 0 Å². The molecule has 7 fully saturated rings. The largest absolute Gasteiger partial charge is 0.396 e. The summed E-state index contributed by atoms with van der Waals surface area (Å²) in [5.41, 5.74) is -1.06. The van der Waals surface area contributed by atoms with Crippen molar-refractivity contribution in [1.82, 2.24) is 0 Å². The van der Waals surface area contributed by atoms with E-state index in [-0.39, 0.29) is 41.1 Å². The first-order valence-electron chi connectivity index (χ1n) is 24.5. The molecule has 0 aromatic heterocycles. The monoisotopic (exact) mass is 947 g/mol. The molecule has 0 spiro atoms. The Labute approximate surface area is 388 Å². The fourth-order valence-electron chi connectivity index (χ4n) is 14.9. The van der Waals surface area contributed by atoms with Gasteiger partial charge in [-0.15, -0.1) is 0 Å². The number of aliphatic hydroxyl groups excluding tert-OH is 12. The Hall–Kier alpha value is -0.980. The van der Waals surface area contributed by atoms with Crippen molar-refractivity contribution in [3.8, 4) is 0 Å². The Morgan fingerprint density at radius 2 is 1.14 bits per heavy atom. The summed E-state index contributed by atoms with van der Waals surface area (Å²) in [6.07, 6.45) is -13.3. The van der Waals surface area contributed by atoms with E-state index in [4.69, 9.17) is 28.4 Å². The van der Waals surface area contributed by atoms with Crippen molar-refractivity contribution >= 4 is 0 Å². The molecule has 0 amide bonds. The molecule has 0 bridgehead atoms. The lowest BCUT2D eigenvalue weighted by atomic mass is 9.35. The minimum absolute atomic E-state index is 0.0226. The van der Waals surface area contributed by atoms with Crippen molar-refractivity contribution < 1.29 is 89.7 Å². The van der Waals surface area contributed by atoms with Gasteiger partial charge in [-0.2, -0.15) is 0 Å². The molecular formula is C48H82O18. The predicted octanol–water partition coefficient (Wildman–Crippen LogP) is -0.0252. The van der Waals surface area contributed by atoms with Gasteiger partial charge in [0.1, 0.15) is 73.2 Å². The van der Waals surface area contributed by atoms with Crippen molar-refractivity contribution in [2.45, 2.75) is 216 Å². The van der Waals surface area contributed by atoms with Crippen LogP contribution in [0.5, 0.6) is 0 Å². The van der Waals surface area contributed by atoms with Crippen LogP contribution in [0.4, 0.5) is 0 Å². The highest BCUT2D eigenvalue weighted by Gasteiger charge is 2.71. The molecular weight excluding hydrogens is 865 g/mol. The third kappa shape index (κ3) is 8.79. The summed E-state index contributed by atoms with van der Waals surface area (Å²) in [6.45, 7) is 13.3. The molecule has 4 aliphatic carbocycles. The molecule has 24 atom stereocenters. The van der Waals surface area contributed by atoms with Gasteiger partial charge in [-0.3, -0.25) is 0 Å². The van der Waals surface area contributed by atoms with E-state index in [1.807, 2.05) is 13.8 Å². The molecule has 18 nitrogen and oxygen atoms in total. The lowest BCUT2D eigenvalue weighted by Gasteiger charge is -2.70. The standard InChI is InChI=1S/C48H82O18/c1-23(2)9-8-15-47(7,66-42-39(60)36(57)33(54)27(20-50)62-42)25-12-16-45(5)24(25)10-11-30-46(45,6)17-13-29-44(3,4)31(14-18-48(29,30)22-52)64-43-40(37(58)34(55)28(21-51)63-43)65-41-38(59)35(56)32(53)26(19-49)61-41/h9,24-43,49-60H,8,10-22H2,1-7H3/t24-,25+,26-,27-,28-,29?,30+,31+,32-,33-,34-,35+,36+,37+,38-,39-,40-,41+,42+,43+,45-,46-,47+,48-/m1/s1. The molecule has 7 aliphatic rings. The first kappa shape index (κ1) is 52.8. The number of fused-ring (bicyclic) bond motifs is 5. The van der Waals surface area contributed by atoms with Gasteiger partial charge in [0.05, 0.1) is 31.5 Å². The van der Waals surface area contributed by atoms with Crippen LogP contribution in [0, 0.1) is 45.3 Å². The van der Waals surface area contributed by atoms with Crippen LogP contribution in [0.2, 0.25) is 0 Å². The lowest BCUT2D eigenvalue weighted by molar-refractivity contribution is -0.379. The Bertz CT molecular complexity index is 1660. The summed E-state index contributed by atoms with van der Waals surface area (Å²) >= 11 is 0. The number of rotatable bonds is 14. The Morgan fingerprint density at radius 1 is 0.591 bits per heavy atom. The highest BCUT2D eigenvalue weighted by molar-refractivity contribution is 5.20. The quantitative estimate of drug-likeness (QED) is 0.0805. The van der Waals surface area contributed by atoms with Gasteiger partial charge in [0.25, 0.3) is 0 Å². The SMILES string of the molecule is CC(C)=CCC[C@](C)(O[C@@H]1O[C@H](CO)[C@@H](O)[C@H](O)[C@H]1O)[C@H]1CC[C@]2(C)[C@@H]1CC[C@@H]1[C@@]3(CO)CC[C@H](O[C@@H]4O[C@H](CO)[C@@H](O)[C@H](O)[C@H]4O[C@@H]4O[C@H](CO)[C@@H](O)[C@H](O)[C@H]4O)C(C)(C)C3CC[C@]12C. The van der Waals surface area contributed by atoms with Crippen molar-refractivity contribution in [1.29, 1.82) is 0 Å². The summed E-state index contributed by atoms with van der Waals surface area (Å²) in [6, 6.07) is 0. The van der Waals surface area contributed by atoms with Gasteiger partial charge in [-0.1, -0.05) is 39.3 Å². The van der Waals surface area contributed by atoms with E-state index in [0.717, 1.165) is 44.9 Å². The van der Waals surface area contributed by atoms with Crippen molar-refractivity contribution in [2.24, 2.45) is 45.3 Å². The van der Waals surface area contributed by atoms with E-state index in [0.29, 0.717) is 19.3 Å². The number of hydrogen-bond donors (Lipinski definition) is 12.